The van der Waals surface area contributed by atoms with Gasteiger partial charge in [-0.2, -0.15) is 13.2 Å². The second-order valence-electron chi connectivity index (χ2n) is 5.37. The van der Waals surface area contributed by atoms with Crippen LogP contribution in [0, 0.1) is 0 Å². The van der Waals surface area contributed by atoms with Crippen LogP contribution in [0.3, 0.4) is 0 Å². The average Bonchev–Trinajstić information content (AvgIpc) is 2.43. The van der Waals surface area contributed by atoms with E-state index in [1.165, 1.54) is 4.90 Å². The van der Waals surface area contributed by atoms with Crippen molar-refractivity contribution in [2.75, 3.05) is 39.9 Å². The van der Waals surface area contributed by atoms with Crippen LogP contribution in [-0.4, -0.2) is 74.0 Å². The third-order valence-corrected chi connectivity index (χ3v) is 3.75. The van der Waals surface area contributed by atoms with Gasteiger partial charge in [0.05, 0.1) is 0 Å². The highest BCUT2D eigenvalue weighted by Gasteiger charge is 2.41. The molecule has 0 spiro atoms. The van der Waals surface area contributed by atoms with E-state index in [0.29, 0.717) is 26.1 Å². The lowest BCUT2D eigenvalue weighted by molar-refractivity contribution is -0.181. The Balaban J connectivity index is 2.37. The number of piperazine rings is 1. The van der Waals surface area contributed by atoms with E-state index in [2.05, 4.69) is 5.32 Å². The molecule has 5 nitrogen and oxygen atoms in total. The average molecular weight is 311 g/mol. The van der Waals surface area contributed by atoms with Gasteiger partial charge in [-0.1, -0.05) is 0 Å². The van der Waals surface area contributed by atoms with E-state index < -0.39 is 12.2 Å². The minimum Gasteiger partial charge on any atom is -0.385 e. The van der Waals surface area contributed by atoms with Crippen molar-refractivity contribution in [3.05, 3.63) is 0 Å². The van der Waals surface area contributed by atoms with Gasteiger partial charge in [-0.3, -0.25) is 4.90 Å². The molecule has 0 aromatic heterocycles. The SMILES string of the molecule is COCC[C@H](C)NC(=O)N1CCN([C@H](C)C(F)(F)F)CC1. The molecule has 1 N–H and O–H groups in total. The Morgan fingerprint density at radius 2 is 1.81 bits per heavy atom. The van der Waals surface area contributed by atoms with Crippen molar-refractivity contribution >= 4 is 6.03 Å². The zero-order valence-corrected chi connectivity index (χ0v) is 12.7. The number of hydrogen-bond donors (Lipinski definition) is 1. The van der Waals surface area contributed by atoms with Gasteiger partial charge in [0.2, 0.25) is 0 Å². The molecule has 124 valence electrons. The van der Waals surface area contributed by atoms with Gasteiger partial charge in [0.25, 0.3) is 0 Å². The summed E-state index contributed by atoms with van der Waals surface area (Å²) in [6, 6.07) is -1.72. The van der Waals surface area contributed by atoms with E-state index in [1.807, 2.05) is 6.92 Å². The summed E-state index contributed by atoms with van der Waals surface area (Å²) in [5, 5.41) is 2.82. The number of carbonyl (C=O) groups excluding carboxylic acids is 1. The summed E-state index contributed by atoms with van der Waals surface area (Å²) in [6.07, 6.45) is -3.52. The number of urea groups is 1. The number of hydrogen-bond acceptors (Lipinski definition) is 3. The topological polar surface area (TPSA) is 44.8 Å². The molecule has 0 bridgehead atoms. The molecule has 0 unspecified atom stereocenters. The fourth-order valence-corrected chi connectivity index (χ4v) is 2.19. The van der Waals surface area contributed by atoms with E-state index in [1.54, 1.807) is 12.0 Å². The molecule has 0 aromatic carbocycles. The maximum Gasteiger partial charge on any atom is 0.403 e. The lowest BCUT2D eigenvalue weighted by Gasteiger charge is -2.38. The quantitative estimate of drug-likeness (QED) is 0.840. The molecule has 1 rings (SSSR count). The molecule has 8 heteroatoms. The number of rotatable bonds is 5. The Morgan fingerprint density at radius 3 is 2.29 bits per heavy atom. The van der Waals surface area contributed by atoms with Gasteiger partial charge in [0.15, 0.2) is 0 Å². The van der Waals surface area contributed by atoms with Crippen LogP contribution >= 0.6 is 0 Å². The first-order chi connectivity index (χ1) is 9.75. The lowest BCUT2D eigenvalue weighted by atomic mass is 10.2. The van der Waals surface area contributed by atoms with Crippen LogP contribution in [0.5, 0.6) is 0 Å². The molecule has 1 aliphatic rings. The van der Waals surface area contributed by atoms with E-state index in [-0.39, 0.29) is 25.2 Å². The molecule has 0 radical (unpaired) electrons. The molecular weight excluding hydrogens is 287 g/mol. The Hall–Kier alpha value is -1.02. The van der Waals surface area contributed by atoms with Crippen LogP contribution < -0.4 is 5.32 Å². The highest BCUT2D eigenvalue weighted by atomic mass is 19.4. The predicted molar refractivity (Wildman–Crippen MR) is 73.1 cm³/mol. The van der Waals surface area contributed by atoms with Gasteiger partial charge in [-0.15, -0.1) is 0 Å². The molecule has 21 heavy (non-hydrogen) atoms. The largest absolute Gasteiger partial charge is 0.403 e. The highest BCUT2D eigenvalue weighted by Crippen LogP contribution is 2.25. The molecule has 2 amide bonds. The van der Waals surface area contributed by atoms with Gasteiger partial charge < -0.3 is 15.0 Å². The summed E-state index contributed by atoms with van der Waals surface area (Å²) < 4.78 is 42.8. The molecule has 1 heterocycles. The van der Waals surface area contributed by atoms with Gasteiger partial charge in [-0.05, 0) is 20.3 Å². The van der Waals surface area contributed by atoms with Crippen LogP contribution in [-0.2, 0) is 4.74 Å². The monoisotopic (exact) mass is 311 g/mol. The highest BCUT2D eigenvalue weighted by molar-refractivity contribution is 5.74. The van der Waals surface area contributed by atoms with Crippen LogP contribution in [0.4, 0.5) is 18.0 Å². The first kappa shape index (κ1) is 18.0. The number of alkyl halides is 3. The number of carbonyl (C=O) groups is 1. The molecule has 0 aromatic rings. The molecule has 1 fully saturated rings. The Kier molecular flexibility index (Phi) is 6.73. The van der Waals surface area contributed by atoms with Gasteiger partial charge in [0, 0.05) is 45.9 Å². The third kappa shape index (κ3) is 5.70. The number of methoxy groups -OCH3 is 1. The smallest absolute Gasteiger partial charge is 0.385 e. The van der Waals surface area contributed by atoms with Gasteiger partial charge in [-0.25, -0.2) is 4.79 Å². The number of halogens is 3. The summed E-state index contributed by atoms with van der Waals surface area (Å²) in [6.45, 7) is 4.67. The van der Waals surface area contributed by atoms with E-state index in [0.717, 1.165) is 6.92 Å². The molecule has 1 aliphatic heterocycles. The van der Waals surface area contributed by atoms with E-state index in [9.17, 15) is 18.0 Å². The van der Waals surface area contributed by atoms with Crippen molar-refractivity contribution in [1.82, 2.24) is 15.1 Å². The summed E-state index contributed by atoms with van der Waals surface area (Å²) in [4.78, 5) is 14.9. The summed E-state index contributed by atoms with van der Waals surface area (Å²) in [7, 11) is 1.59. The zero-order valence-electron chi connectivity index (χ0n) is 12.7. The first-order valence-electron chi connectivity index (χ1n) is 7.11. The normalized spacial score (nSPS) is 20.2. The number of nitrogens with zero attached hydrogens (tertiary/aromatic N) is 2. The summed E-state index contributed by atoms with van der Waals surface area (Å²) in [5.74, 6) is 0. The molecule has 1 saturated heterocycles. The van der Waals surface area contributed by atoms with E-state index in [4.69, 9.17) is 4.74 Å². The van der Waals surface area contributed by atoms with Crippen molar-refractivity contribution in [1.29, 1.82) is 0 Å². The van der Waals surface area contributed by atoms with Crippen LogP contribution in [0.2, 0.25) is 0 Å². The van der Waals surface area contributed by atoms with Crippen molar-refractivity contribution in [2.24, 2.45) is 0 Å². The third-order valence-electron chi connectivity index (χ3n) is 3.75. The summed E-state index contributed by atoms with van der Waals surface area (Å²) >= 11 is 0. The number of ether oxygens (including phenoxy) is 1. The van der Waals surface area contributed by atoms with Crippen LogP contribution in [0.1, 0.15) is 20.3 Å². The summed E-state index contributed by atoms with van der Waals surface area (Å²) in [5.41, 5.74) is 0. The Morgan fingerprint density at radius 1 is 1.24 bits per heavy atom. The van der Waals surface area contributed by atoms with Gasteiger partial charge in [0.1, 0.15) is 6.04 Å². The Labute approximate surface area is 123 Å². The van der Waals surface area contributed by atoms with Crippen LogP contribution in [0.25, 0.3) is 0 Å². The van der Waals surface area contributed by atoms with Crippen molar-refractivity contribution in [3.63, 3.8) is 0 Å². The maximum atomic E-state index is 12.6. The van der Waals surface area contributed by atoms with Crippen molar-refractivity contribution < 1.29 is 22.7 Å². The first-order valence-corrected chi connectivity index (χ1v) is 7.11. The molecular formula is C13H24F3N3O2. The second-order valence-corrected chi connectivity index (χ2v) is 5.37. The fourth-order valence-electron chi connectivity index (χ4n) is 2.19. The van der Waals surface area contributed by atoms with E-state index >= 15 is 0 Å². The fraction of sp³-hybridized carbons (Fsp3) is 0.923. The Bertz CT molecular complexity index is 331. The minimum absolute atomic E-state index is 0.0235. The van der Waals surface area contributed by atoms with Crippen LogP contribution in [0.15, 0.2) is 0 Å². The predicted octanol–water partition coefficient (Wildman–Crippen LogP) is 1.69. The number of nitrogens with one attached hydrogen (secondary N) is 1. The van der Waals surface area contributed by atoms with Crippen molar-refractivity contribution in [2.45, 2.75) is 38.5 Å². The van der Waals surface area contributed by atoms with Crippen molar-refractivity contribution in [3.8, 4) is 0 Å². The number of amides is 2. The van der Waals surface area contributed by atoms with Gasteiger partial charge >= 0.3 is 12.2 Å². The lowest BCUT2D eigenvalue weighted by Crippen LogP contribution is -2.57. The molecule has 0 saturated carbocycles. The second kappa shape index (κ2) is 7.84. The molecule has 2 atom stereocenters. The standard InChI is InChI=1S/C13H24F3N3O2/c1-10(4-9-21-3)17-12(20)19-7-5-18(6-8-19)11(2)13(14,15)16/h10-11H,4-9H2,1-3H3,(H,17,20)/t10-,11+/m0/s1. The maximum absolute atomic E-state index is 12.6. The minimum atomic E-state index is -4.22. The zero-order chi connectivity index (χ0) is 16.0. The molecule has 0 aliphatic carbocycles.